The lowest BCUT2D eigenvalue weighted by molar-refractivity contribution is 0.148. The Balaban J connectivity index is 1.27. The van der Waals surface area contributed by atoms with Crippen LogP contribution in [0.4, 0.5) is 0 Å². The van der Waals surface area contributed by atoms with E-state index >= 15 is 0 Å². The molecule has 1 aliphatic heterocycles. The fourth-order valence-electron chi connectivity index (χ4n) is 4.76. The zero-order valence-corrected chi connectivity index (χ0v) is 18.0. The molecule has 158 valence electrons. The Bertz CT molecular complexity index is 965. The molecule has 5 rings (SSSR count). The number of rotatable bonds is 5. The van der Waals surface area contributed by atoms with Crippen LogP contribution in [-0.4, -0.2) is 62.8 Å². The van der Waals surface area contributed by atoms with Crippen LogP contribution in [0.15, 0.2) is 36.7 Å². The molecule has 1 aliphatic carbocycles. The van der Waals surface area contributed by atoms with Gasteiger partial charge in [-0.25, -0.2) is 14.6 Å². The summed E-state index contributed by atoms with van der Waals surface area (Å²) < 4.78 is 2.15. The van der Waals surface area contributed by atoms with Gasteiger partial charge in [0.05, 0.1) is 17.6 Å². The molecule has 0 spiro atoms. The van der Waals surface area contributed by atoms with Gasteiger partial charge in [-0.15, -0.1) is 0 Å². The van der Waals surface area contributed by atoms with Gasteiger partial charge >= 0.3 is 0 Å². The highest BCUT2D eigenvalue weighted by atomic mass is 15.3. The summed E-state index contributed by atoms with van der Waals surface area (Å²) in [6.45, 7) is 5.67. The second-order valence-corrected chi connectivity index (χ2v) is 9.02. The number of likely N-dealkylation sites (N-methyl/N-ethyl adjacent to an activating group) is 1. The van der Waals surface area contributed by atoms with Crippen LogP contribution in [0, 0.1) is 0 Å². The highest BCUT2D eigenvalue weighted by Gasteiger charge is 2.19. The third kappa shape index (κ3) is 4.40. The number of hydrogen-bond acceptors (Lipinski definition) is 5. The molecule has 2 fully saturated rings. The third-order valence-electron chi connectivity index (χ3n) is 6.69. The molecular weight excluding hydrogens is 372 g/mol. The molecule has 0 bridgehead atoms. The van der Waals surface area contributed by atoms with Gasteiger partial charge in [0.15, 0.2) is 5.65 Å². The normalized spacial score (nSPS) is 19.5. The van der Waals surface area contributed by atoms with Crippen molar-refractivity contribution in [3.63, 3.8) is 0 Å². The van der Waals surface area contributed by atoms with Crippen molar-refractivity contribution < 1.29 is 0 Å². The van der Waals surface area contributed by atoms with E-state index in [1.54, 1.807) is 0 Å². The maximum atomic E-state index is 4.91. The summed E-state index contributed by atoms with van der Waals surface area (Å²) in [5.41, 5.74) is 3.65. The molecule has 0 amide bonds. The van der Waals surface area contributed by atoms with Crippen LogP contribution in [-0.2, 0) is 13.0 Å². The molecule has 0 N–H and O–H groups in total. The van der Waals surface area contributed by atoms with Crippen LogP contribution in [0.5, 0.6) is 0 Å². The minimum absolute atomic E-state index is 0.493. The Morgan fingerprint density at radius 2 is 1.63 bits per heavy atom. The minimum Gasteiger partial charge on any atom is -0.304 e. The SMILES string of the molecule is CN1CCN(Cc2ccc(Cc3ncc4cnn(C5CCCCC5)c4n3)cc2)CC1. The lowest BCUT2D eigenvalue weighted by Crippen LogP contribution is -2.43. The van der Waals surface area contributed by atoms with E-state index in [1.165, 1.54) is 43.2 Å². The van der Waals surface area contributed by atoms with Gasteiger partial charge in [0.25, 0.3) is 0 Å². The first-order valence-electron chi connectivity index (χ1n) is 11.4. The van der Waals surface area contributed by atoms with E-state index in [4.69, 9.17) is 4.98 Å². The average molecular weight is 405 g/mol. The summed E-state index contributed by atoms with van der Waals surface area (Å²) in [6, 6.07) is 9.49. The van der Waals surface area contributed by atoms with Crippen LogP contribution in [0.1, 0.15) is 55.1 Å². The van der Waals surface area contributed by atoms with Gasteiger partial charge in [-0.3, -0.25) is 4.90 Å². The molecule has 30 heavy (non-hydrogen) atoms. The number of aromatic nitrogens is 4. The highest BCUT2D eigenvalue weighted by Crippen LogP contribution is 2.29. The lowest BCUT2D eigenvalue weighted by Gasteiger charge is -2.32. The van der Waals surface area contributed by atoms with Crippen LogP contribution in [0.25, 0.3) is 11.0 Å². The molecule has 2 aromatic heterocycles. The van der Waals surface area contributed by atoms with Gasteiger partial charge in [-0.1, -0.05) is 43.5 Å². The highest BCUT2D eigenvalue weighted by molar-refractivity contribution is 5.73. The number of fused-ring (bicyclic) bond motifs is 1. The molecule has 3 aromatic rings. The predicted octanol–water partition coefficient (Wildman–Crippen LogP) is 3.67. The number of benzene rings is 1. The minimum atomic E-state index is 0.493. The largest absolute Gasteiger partial charge is 0.304 e. The van der Waals surface area contributed by atoms with Crippen LogP contribution >= 0.6 is 0 Å². The molecule has 1 saturated carbocycles. The van der Waals surface area contributed by atoms with Crippen molar-refractivity contribution in [1.82, 2.24) is 29.5 Å². The summed E-state index contributed by atoms with van der Waals surface area (Å²) in [6.07, 6.45) is 11.0. The molecule has 0 radical (unpaired) electrons. The molecule has 0 atom stereocenters. The van der Waals surface area contributed by atoms with Gasteiger partial charge in [-0.05, 0) is 31.0 Å². The molecule has 2 aliphatic rings. The number of hydrogen-bond donors (Lipinski definition) is 0. The predicted molar refractivity (Wildman–Crippen MR) is 119 cm³/mol. The number of piperazine rings is 1. The molecule has 1 saturated heterocycles. The molecule has 0 unspecified atom stereocenters. The van der Waals surface area contributed by atoms with Crippen molar-refractivity contribution in [1.29, 1.82) is 0 Å². The average Bonchev–Trinajstić information content (AvgIpc) is 3.21. The molecule has 6 heteroatoms. The quantitative estimate of drug-likeness (QED) is 0.649. The van der Waals surface area contributed by atoms with Gasteiger partial charge in [0.1, 0.15) is 5.82 Å². The van der Waals surface area contributed by atoms with Crippen LogP contribution in [0.2, 0.25) is 0 Å². The maximum absolute atomic E-state index is 4.91. The molecule has 3 heterocycles. The van der Waals surface area contributed by atoms with E-state index in [0.717, 1.165) is 56.0 Å². The van der Waals surface area contributed by atoms with E-state index < -0.39 is 0 Å². The van der Waals surface area contributed by atoms with E-state index in [-0.39, 0.29) is 0 Å². The van der Waals surface area contributed by atoms with Crippen molar-refractivity contribution in [2.75, 3.05) is 33.2 Å². The van der Waals surface area contributed by atoms with Crippen molar-refractivity contribution in [2.24, 2.45) is 0 Å². The second kappa shape index (κ2) is 8.82. The first-order chi connectivity index (χ1) is 14.7. The first kappa shape index (κ1) is 19.6. The Hall–Kier alpha value is -2.31. The lowest BCUT2D eigenvalue weighted by atomic mass is 9.96. The van der Waals surface area contributed by atoms with E-state index in [1.807, 2.05) is 12.4 Å². The second-order valence-electron chi connectivity index (χ2n) is 9.02. The van der Waals surface area contributed by atoms with Crippen LogP contribution < -0.4 is 0 Å². The third-order valence-corrected chi connectivity index (χ3v) is 6.69. The summed E-state index contributed by atoms with van der Waals surface area (Å²) in [7, 11) is 2.20. The van der Waals surface area contributed by atoms with E-state index in [2.05, 4.69) is 55.9 Å². The topological polar surface area (TPSA) is 50.1 Å². The summed E-state index contributed by atoms with van der Waals surface area (Å²) in [5.74, 6) is 0.881. The Morgan fingerprint density at radius 3 is 2.40 bits per heavy atom. The number of nitrogens with zero attached hydrogens (tertiary/aromatic N) is 6. The van der Waals surface area contributed by atoms with E-state index in [9.17, 15) is 0 Å². The fraction of sp³-hybridized carbons (Fsp3) is 0.542. The van der Waals surface area contributed by atoms with Gasteiger partial charge in [0, 0.05) is 45.3 Å². The zero-order chi connectivity index (χ0) is 20.3. The Morgan fingerprint density at radius 1 is 0.900 bits per heavy atom. The monoisotopic (exact) mass is 404 g/mol. The van der Waals surface area contributed by atoms with Gasteiger partial charge < -0.3 is 4.90 Å². The molecule has 1 aromatic carbocycles. The van der Waals surface area contributed by atoms with Gasteiger partial charge in [0.2, 0.25) is 0 Å². The van der Waals surface area contributed by atoms with Gasteiger partial charge in [-0.2, -0.15) is 5.10 Å². The molecular formula is C24H32N6. The summed E-state index contributed by atoms with van der Waals surface area (Å²) >= 11 is 0. The smallest absolute Gasteiger partial charge is 0.161 e. The molecule has 6 nitrogen and oxygen atoms in total. The summed E-state index contributed by atoms with van der Waals surface area (Å²) in [5, 5.41) is 5.69. The van der Waals surface area contributed by atoms with Crippen molar-refractivity contribution in [3.05, 3.63) is 53.6 Å². The Kier molecular flexibility index (Phi) is 5.77. The standard InChI is InChI=1S/C24H32N6/c1-28-11-13-29(14-12-28)18-20-9-7-19(8-10-20)15-23-25-16-21-17-26-30(24(21)27-23)22-5-3-2-4-6-22/h7-10,16-17,22H,2-6,11-15,18H2,1H3. The van der Waals surface area contributed by atoms with Crippen LogP contribution in [0.3, 0.4) is 0 Å². The van der Waals surface area contributed by atoms with Crippen molar-refractivity contribution >= 4 is 11.0 Å². The van der Waals surface area contributed by atoms with E-state index in [0.29, 0.717) is 6.04 Å². The Labute approximate surface area is 178 Å². The first-order valence-corrected chi connectivity index (χ1v) is 11.4. The maximum Gasteiger partial charge on any atom is 0.161 e. The fourth-order valence-corrected chi connectivity index (χ4v) is 4.76. The summed E-state index contributed by atoms with van der Waals surface area (Å²) in [4.78, 5) is 14.5. The van der Waals surface area contributed by atoms with Crippen molar-refractivity contribution in [2.45, 2.75) is 51.1 Å². The zero-order valence-electron chi connectivity index (χ0n) is 18.0. The van der Waals surface area contributed by atoms with Crippen molar-refractivity contribution in [3.8, 4) is 0 Å².